The molecule has 1 unspecified atom stereocenters. The van der Waals surface area contributed by atoms with Crippen molar-refractivity contribution < 1.29 is 19.7 Å². The topological polar surface area (TPSA) is 110 Å². The maximum Gasteiger partial charge on any atom is 0.339 e. The number of methoxy groups -OCH3 is 1. The number of pyridine rings is 1. The Hall–Kier alpha value is -2.19. The molecule has 8 nitrogen and oxygen atoms in total. The number of carbonyl (C=O) groups is 1. The average Bonchev–Trinajstić information content (AvgIpc) is 2.81. The molecule has 2 aromatic rings. The smallest absolute Gasteiger partial charge is 0.339 e. The molecule has 0 aromatic carbocycles. The second-order valence-corrected chi connectivity index (χ2v) is 4.68. The third-order valence-corrected chi connectivity index (χ3v) is 3.13. The highest BCUT2D eigenvalue weighted by molar-refractivity contribution is 6.03. The molecule has 0 bridgehead atoms. The van der Waals surface area contributed by atoms with E-state index in [0.717, 1.165) is 0 Å². The van der Waals surface area contributed by atoms with Gasteiger partial charge in [-0.3, -0.25) is 4.68 Å². The molecule has 0 aliphatic heterocycles. The average molecular weight is 294 g/mol. The number of ether oxygens (including phenoxy) is 1. The fraction of sp³-hybridized carbons (Fsp3) is 0.462. The van der Waals surface area contributed by atoms with Gasteiger partial charge in [-0.1, -0.05) is 0 Å². The molecule has 8 heteroatoms. The van der Waals surface area contributed by atoms with Gasteiger partial charge in [0.2, 0.25) is 0 Å². The molecule has 0 aliphatic rings. The van der Waals surface area contributed by atoms with Crippen molar-refractivity contribution in [3.05, 3.63) is 18.0 Å². The van der Waals surface area contributed by atoms with Gasteiger partial charge >= 0.3 is 5.97 Å². The fourth-order valence-corrected chi connectivity index (χ4v) is 2.09. The van der Waals surface area contributed by atoms with Crippen LogP contribution in [0.5, 0.6) is 0 Å². The van der Waals surface area contributed by atoms with Crippen LogP contribution in [-0.4, -0.2) is 57.3 Å². The molecule has 0 aliphatic carbocycles. The molecule has 0 saturated heterocycles. The fourth-order valence-electron chi connectivity index (χ4n) is 2.09. The number of aliphatic hydroxyl groups is 1. The molecule has 0 amide bonds. The molecule has 21 heavy (non-hydrogen) atoms. The molecule has 2 rings (SSSR count). The first kappa shape index (κ1) is 15.2. The molecule has 3 N–H and O–H groups in total. The summed E-state index contributed by atoms with van der Waals surface area (Å²) in [5.74, 6) is -1.06. The van der Waals surface area contributed by atoms with Gasteiger partial charge in [0.15, 0.2) is 5.65 Å². The lowest BCUT2D eigenvalue weighted by atomic mass is 10.1. The summed E-state index contributed by atoms with van der Waals surface area (Å²) < 4.78 is 6.42. The third kappa shape index (κ3) is 3.29. The van der Waals surface area contributed by atoms with Crippen molar-refractivity contribution in [2.24, 2.45) is 7.05 Å². The first-order chi connectivity index (χ1) is 10.0. The lowest BCUT2D eigenvalue weighted by Crippen LogP contribution is -2.19. The number of hydrogen-bond donors (Lipinski definition) is 3. The number of carboxylic acid groups (broad SMARTS) is 1. The van der Waals surface area contributed by atoms with E-state index in [1.165, 1.54) is 13.3 Å². The number of hydrogen-bond acceptors (Lipinski definition) is 6. The summed E-state index contributed by atoms with van der Waals surface area (Å²) in [7, 11) is 3.25. The summed E-state index contributed by atoms with van der Waals surface area (Å²) >= 11 is 0. The van der Waals surface area contributed by atoms with Crippen LogP contribution in [0.15, 0.2) is 12.4 Å². The molecular weight excluding hydrogens is 276 g/mol. The lowest BCUT2D eigenvalue weighted by molar-refractivity contribution is 0.0615. The molecule has 2 aromatic heterocycles. The Labute approximate surface area is 121 Å². The molecule has 0 spiro atoms. The van der Waals surface area contributed by atoms with E-state index in [1.807, 2.05) is 0 Å². The number of aliphatic hydroxyl groups excluding tert-OH is 1. The highest BCUT2D eigenvalue weighted by Gasteiger charge is 2.16. The highest BCUT2D eigenvalue weighted by Crippen LogP contribution is 2.25. The van der Waals surface area contributed by atoms with Crippen LogP contribution < -0.4 is 5.32 Å². The van der Waals surface area contributed by atoms with Gasteiger partial charge in [0.1, 0.15) is 5.56 Å². The zero-order valence-electron chi connectivity index (χ0n) is 11.9. The van der Waals surface area contributed by atoms with Crippen LogP contribution in [0.25, 0.3) is 11.0 Å². The van der Waals surface area contributed by atoms with E-state index in [9.17, 15) is 15.0 Å². The minimum Gasteiger partial charge on any atom is -0.478 e. The summed E-state index contributed by atoms with van der Waals surface area (Å²) in [5, 5.41) is 26.6. The van der Waals surface area contributed by atoms with Crippen molar-refractivity contribution in [2.45, 2.75) is 12.5 Å². The second-order valence-electron chi connectivity index (χ2n) is 4.68. The zero-order chi connectivity index (χ0) is 15.4. The van der Waals surface area contributed by atoms with E-state index < -0.39 is 12.1 Å². The second kappa shape index (κ2) is 6.51. The quantitative estimate of drug-likeness (QED) is 0.681. The van der Waals surface area contributed by atoms with Gasteiger partial charge in [-0.25, -0.2) is 9.78 Å². The monoisotopic (exact) mass is 294 g/mol. The normalized spacial score (nSPS) is 12.5. The van der Waals surface area contributed by atoms with Crippen molar-refractivity contribution in [1.82, 2.24) is 14.8 Å². The largest absolute Gasteiger partial charge is 0.478 e. The Morgan fingerprint density at radius 2 is 2.29 bits per heavy atom. The van der Waals surface area contributed by atoms with Crippen molar-refractivity contribution >= 4 is 22.7 Å². The highest BCUT2D eigenvalue weighted by atomic mass is 16.5. The van der Waals surface area contributed by atoms with Crippen molar-refractivity contribution in [2.75, 3.05) is 25.6 Å². The first-order valence-electron chi connectivity index (χ1n) is 6.49. The summed E-state index contributed by atoms with van der Waals surface area (Å²) in [5.41, 5.74) is 1.14. The number of anilines is 1. The van der Waals surface area contributed by atoms with Crippen LogP contribution in [0.2, 0.25) is 0 Å². The minimum atomic E-state index is -1.06. The summed E-state index contributed by atoms with van der Waals surface area (Å²) in [6, 6.07) is 0. The van der Waals surface area contributed by atoms with Crippen LogP contribution in [0.1, 0.15) is 16.8 Å². The van der Waals surface area contributed by atoms with Crippen LogP contribution in [0, 0.1) is 0 Å². The summed E-state index contributed by atoms with van der Waals surface area (Å²) in [6.45, 7) is 0.658. The number of nitrogens with zero attached hydrogens (tertiary/aromatic N) is 3. The maximum atomic E-state index is 11.3. The number of carboxylic acids is 1. The van der Waals surface area contributed by atoms with E-state index >= 15 is 0 Å². The van der Waals surface area contributed by atoms with E-state index in [4.69, 9.17) is 4.74 Å². The van der Waals surface area contributed by atoms with Crippen molar-refractivity contribution in [3.8, 4) is 0 Å². The number of aryl methyl sites for hydroxylation is 1. The van der Waals surface area contributed by atoms with Gasteiger partial charge in [0.05, 0.1) is 30.0 Å². The van der Waals surface area contributed by atoms with Gasteiger partial charge < -0.3 is 20.3 Å². The summed E-state index contributed by atoms with van der Waals surface area (Å²) in [6.07, 6.45) is 2.72. The van der Waals surface area contributed by atoms with Crippen molar-refractivity contribution in [3.63, 3.8) is 0 Å². The summed E-state index contributed by atoms with van der Waals surface area (Å²) in [4.78, 5) is 15.4. The number of fused-ring (bicyclic) bond motifs is 1. The Morgan fingerprint density at radius 1 is 1.52 bits per heavy atom. The van der Waals surface area contributed by atoms with E-state index in [2.05, 4.69) is 15.4 Å². The number of rotatable bonds is 7. The van der Waals surface area contributed by atoms with E-state index in [1.54, 1.807) is 17.9 Å². The maximum absolute atomic E-state index is 11.3. The predicted octanol–water partition coefficient (Wildman–Crippen LogP) is 0.476. The lowest BCUT2D eigenvalue weighted by Gasteiger charge is -2.13. The van der Waals surface area contributed by atoms with Crippen LogP contribution in [0.3, 0.4) is 0 Å². The van der Waals surface area contributed by atoms with Crippen molar-refractivity contribution in [1.29, 1.82) is 0 Å². The standard InChI is InChI=1S/C13H18N4O4/c1-17-12-9(6-16-17)11(10(5-15-12)13(19)20)14-4-3-8(18)7-21-2/h5-6,8,18H,3-4,7H2,1-2H3,(H,14,15)(H,19,20). The first-order valence-corrected chi connectivity index (χ1v) is 6.49. The van der Waals surface area contributed by atoms with Gasteiger partial charge in [0, 0.05) is 26.9 Å². The van der Waals surface area contributed by atoms with Crippen LogP contribution in [0.4, 0.5) is 5.69 Å². The molecule has 0 fully saturated rings. The van der Waals surface area contributed by atoms with Crippen LogP contribution >= 0.6 is 0 Å². The molecule has 2 heterocycles. The Morgan fingerprint density at radius 3 is 2.95 bits per heavy atom. The molecular formula is C13H18N4O4. The SMILES string of the molecule is COCC(O)CCNc1c(C(=O)O)cnc2c1cnn2C. The van der Waals surface area contributed by atoms with Crippen LogP contribution in [-0.2, 0) is 11.8 Å². The van der Waals surface area contributed by atoms with E-state index in [-0.39, 0.29) is 12.2 Å². The number of aromatic nitrogens is 3. The zero-order valence-corrected chi connectivity index (χ0v) is 11.9. The minimum absolute atomic E-state index is 0.0803. The molecule has 0 radical (unpaired) electrons. The van der Waals surface area contributed by atoms with Gasteiger partial charge in [-0.15, -0.1) is 0 Å². The van der Waals surface area contributed by atoms with Gasteiger partial charge in [0.25, 0.3) is 0 Å². The van der Waals surface area contributed by atoms with Gasteiger partial charge in [-0.2, -0.15) is 5.10 Å². The third-order valence-electron chi connectivity index (χ3n) is 3.13. The Balaban J connectivity index is 2.23. The van der Waals surface area contributed by atoms with E-state index in [0.29, 0.717) is 29.7 Å². The Bertz CT molecular complexity index is 640. The molecule has 114 valence electrons. The predicted molar refractivity (Wildman–Crippen MR) is 76.5 cm³/mol. The Kier molecular flexibility index (Phi) is 4.71. The number of nitrogens with one attached hydrogen (secondary N) is 1. The van der Waals surface area contributed by atoms with Gasteiger partial charge in [-0.05, 0) is 6.42 Å². The molecule has 0 saturated carbocycles. The molecule has 1 atom stereocenters. The number of aromatic carboxylic acids is 1.